The Morgan fingerprint density at radius 2 is 2.14 bits per heavy atom. The first-order chi connectivity index (χ1) is 6.49. The van der Waals surface area contributed by atoms with E-state index in [1.807, 2.05) is 12.1 Å². The highest BCUT2D eigenvalue weighted by Gasteiger charge is 2.30. The molecule has 1 atom stereocenters. The van der Waals surface area contributed by atoms with Crippen molar-refractivity contribution in [2.24, 2.45) is 0 Å². The molecule has 1 aromatic carbocycles. The molecule has 2 nitrogen and oxygen atoms in total. The van der Waals surface area contributed by atoms with Crippen molar-refractivity contribution in [2.75, 3.05) is 5.32 Å². The van der Waals surface area contributed by atoms with Crippen LogP contribution in [0.1, 0.15) is 38.7 Å². The highest BCUT2D eigenvalue weighted by Crippen LogP contribution is 2.42. The fourth-order valence-corrected chi connectivity index (χ4v) is 2.46. The lowest BCUT2D eigenvalue weighted by molar-refractivity contribution is 0.422. The molecule has 0 aromatic heterocycles. The molecule has 2 rings (SSSR count). The third kappa shape index (κ3) is 1.45. The Hall–Kier alpha value is -1.18. The topological polar surface area (TPSA) is 32.3 Å². The molecule has 1 aromatic rings. The number of rotatable bonds is 0. The number of benzene rings is 1. The number of anilines is 1. The SMILES string of the molecule is CC1CC(C)(C)Nc2cccc(O)c21. The molecule has 0 saturated heterocycles. The third-order valence-corrected chi connectivity index (χ3v) is 2.87. The first-order valence-electron chi connectivity index (χ1n) is 5.10. The van der Waals surface area contributed by atoms with Gasteiger partial charge in [-0.15, -0.1) is 0 Å². The van der Waals surface area contributed by atoms with Gasteiger partial charge in [0.1, 0.15) is 5.75 Å². The van der Waals surface area contributed by atoms with E-state index in [1.165, 1.54) is 0 Å². The molecule has 0 radical (unpaired) electrons. The predicted molar refractivity (Wildman–Crippen MR) is 58.8 cm³/mol. The monoisotopic (exact) mass is 191 g/mol. The van der Waals surface area contributed by atoms with Gasteiger partial charge in [-0.3, -0.25) is 0 Å². The lowest BCUT2D eigenvalue weighted by Gasteiger charge is -2.37. The van der Waals surface area contributed by atoms with Crippen molar-refractivity contribution < 1.29 is 5.11 Å². The summed E-state index contributed by atoms with van der Waals surface area (Å²) in [5, 5.41) is 13.2. The number of hydrogen-bond donors (Lipinski definition) is 2. The van der Waals surface area contributed by atoms with Crippen molar-refractivity contribution in [3.05, 3.63) is 23.8 Å². The standard InChI is InChI=1S/C12H17NO/c1-8-7-12(2,3)13-9-5-4-6-10(14)11(8)9/h4-6,8,13-14H,7H2,1-3H3. The van der Waals surface area contributed by atoms with E-state index in [9.17, 15) is 5.11 Å². The van der Waals surface area contributed by atoms with Gasteiger partial charge in [-0.25, -0.2) is 0 Å². The van der Waals surface area contributed by atoms with E-state index in [4.69, 9.17) is 0 Å². The van der Waals surface area contributed by atoms with E-state index in [-0.39, 0.29) is 5.54 Å². The molecular formula is C12H17NO. The molecule has 0 saturated carbocycles. The summed E-state index contributed by atoms with van der Waals surface area (Å²) in [6.07, 6.45) is 1.05. The molecule has 14 heavy (non-hydrogen) atoms. The lowest BCUT2D eigenvalue weighted by atomic mass is 9.81. The van der Waals surface area contributed by atoms with Crippen LogP contribution in [0.2, 0.25) is 0 Å². The zero-order chi connectivity index (χ0) is 10.3. The second-order valence-corrected chi connectivity index (χ2v) is 4.85. The lowest BCUT2D eigenvalue weighted by Crippen LogP contribution is -2.36. The average Bonchev–Trinajstić information content (AvgIpc) is 2.00. The van der Waals surface area contributed by atoms with Crippen molar-refractivity contribution in [1.29, 1.82) is 0 Å². The number of fused-ring (bicyclic) bond motifs is 1. The van der Waals surface area contributed by atoms with Crippen LogP contribution < -0.4 is 5.32 Å². The van der Waals surface area contributed by atoms with Crippen molar-refractivity contribution in [1.82, 2.24) is 0 Å². The number of phenols is 1. The molecule has 1 heterocycles. The highest BCUT2D eigenvalue weighted by molar-refractivity contribution is 5.61. The largest absolute Gasteiger partial charge is 0.508 e. The summed E-state index contributed by atoms with van der Waals surface area (Å²) in [5.74, 6) is 0.834. The van der Waals surface area contributed by atoms with Crippen LogP contribution in [0.3, 0.4) is 0 Å². The van der Waals surface area contributed by atoms with Crippen molar-refractivity contribution in [2.45, 2.75) is 38.6 Å². The maximum Gasteiger partial charge on any atom is 0.121 e. The molecule has 2 N–H and O–H groups in total. The quantitative estimate of drug-likeness (QED) is 0.660. The molecule has 0 aliphatic carbocycles. The van der Waals surface area contributed by atoms with Gasteiger partial charge in [0.15, 0.2) is 0 Å². The Labute approximate surface area is 85.0 Å². The minimum atomic E-state index is 0.125. The first-order valence-corrected chi connectivity index (χ1v) is 5.10. The third-order valence-electron chi connectivity index (χ3n) is 2.87. The van der Waals surface area contributed by atoms with Crippen LogP contribution in [0.5, 0.6) is 5.75 Å². The summed E-state index contributed by atoms with van der Waals surface area (Å²) in [6.45, 7) is 6.55. The molecule has 76 valence electrons. The molecule has 0 amide bonds. The number of nitrogens with one attached hydrogen (secondary N) is 1. The summed E-state index contributed by atoms with van der Waals surface area (Å²) in [4.78, 5) is 0. The second kappa shape index (κ2) is 2.91. The summed E-state index contributed by atoms with van der Waals surface area (Å²) >= 11 is 0. The van der Waals surface area contributed by atoms with Gasteiger partial charge in [0.25, 0.3) is 0 Å². The molecule has 1 aliphatic rings. The number of phenolic OH excluding ortho intramolecular Hbond substituents is 1. The summed E-state index contributed by atoms with van der Waals surface area (Å²) in [7, 11) is 0. The molecule has 0 bridgehead atoms. The molecule has 0 fully saturated rings. The van der Waals surface area contributed by atoms with E-state index < -0.39 is 0 Å². The second-order valence-electron chi connectivity index (χ2n) is 4.85. The molecule has 0 spiro atoms. The van der Waals surface area contributed by atoms with Crippen LogP contribution >= 0.6 is 0 Å². The zero-order valence-corrected chi connectivity index (χ0v) is 8.96. The summed E-state index contributed by atoms with van der Waals surface area (Å²) in [6, 6.07) is 5.68. The van der Waals surface area contributed by atoms with Gasteiger partial charge in [-0.05, 0) is 38.3 Å². The van der Waals surface area contributed by atoms with Gasteiger partial charge in [-0.1, -0.05) is 13.0 Å². The fourth-order valence-electron chi connectivity index (χ4n) is 2.46. The van der Waals surface area contributed by atoms with E-state index in [0.717, 1.165) is 17.7 Å². The Bertz CT molecular complexity index is 357. The average molecular weight is 191 g/mol. The Kier molecular flexibility index (Phi) is 1.95. The Morgan fingerprint density at radius 1 is 1.43 bits per heavy atom. The van der Waals surface area contributed by atoms with E-state index in [0.29, 0.717) is 11.7 Å². The van der Waals surface area contributed by atoms with E-state index >= 15 is 0 Å². The van der Waals surface area contributed by atoms with Crippen molar-refractivity contribution in [3.8, 4) is 5.75 Å². The van der Waals surface area contributed by atoms with Crippen molar-refractivity contribution in [3.63, 3.8) is 0 Å². The number of hydrogen-bond acceptors (Lipinski definition) is 2. The first kappa shape index (κ1) is 9.38. The molecule has 1 aliphatic heterocycles. The molecule has 2 heteroatoms. The Balaban J connectivity index is 2.50. The van der Waals surface area contributed by atoms with Crippen LogP contribution in [0, 0.1) is 0 Å². The van der Waals surface area contributed by atoms with Crippen LogP contribution in [0.25, 0.3) is 0 Å². The smallest absolute Gasteiger partial charge is 0.121 e. The molecular weight excluding hydrogens is 174 g/mol. The summed E-state index contributed by atoms with van der Waals surface area (Å²) in [5.41, 5.74) is 2.26. The fraction of sp³-hybridized carbons (Fsp3) is 0.500. The van der Waals surface area contributed by atoms with Crippen LogP contribution in [-0.2, 0) is 0 Å². The highest BCUT2D eigenvalue weighted by atomic mass is 16.3. The van der Waals surface area contributed by atoms with Gasteiger partial charge in [0.2, 0.25) is 0 Å². The van der Waals surface area contributed by atoms with Gasteiger partial charge in [0, 0.05) is 16.8 Å². The predicted octanol–water partition coefficient (Wildman–Crippen LogP) is 3.09. The minimum Gasteiger partial charge on any atom is -0.508 e. The van der Waals surface area contributed by atoms with Crippen molar-refractivity contribution >= 4 is 5.69 Å². The van der Waals surface area contributed by atoms with Gasteiger partial charge < -0.3 is 10.4 Å². The van der Waals surface area contributed by atoms with Gasteiger partial charge >= 0.3 is 0 Å². The minimum absolute atomic E-state index is 0.125. The number of aromatic hydroxyl groups is 1. The molecule has 1 unspecified atom stereocenters. The van der Waals surface area contributed by atoms with E-state index in [1.54, 1.807) is 6.07 Å². The van der Waals surface area contributed by atoms with E-state index in [2.05, 4.69) is 26.1 Å². The Morgan fingerprint density at radius 3 is 2.86 bits per heavy atom. The maximum atomic E-state index is 9.76. The van der Waals surface area contributed by atoms with Crippen LogP contribution in [-0.4, -0.2) is 10.6 Å². The van der Waals surface area contributed by atoms with Crippen LogP contribution in [0.15, 0.2) is 18.2 Å². The normalized spacial score (nSPS) is 23.8. The van der Waals surface area contributed by atoms with Gasteiger partial charge in [0.05, 0.1) is 0 Å². The zero-order valence-electron chi connectivity index (χ0n) is 8.96. The van der Waals surface area contributed by atoms with Crippen LogP contribution in [0.4, 0.5) is 5.69 Å². The van der Waals surface area contributed by atoms with Gasteiger partial charge in [-0.2, -0.15) is 0 Å². The summed E-state index contributed by atoms with van der Waals surface area (Å²) < 4.78 is 0. The maximum absolute atomic E-state index is 9.76.